The van der Waals surface area contributed by atoms with E-state index in [1.54, 1.807) is 0 Å². The minimum Gasteiger partial charge on any atom is -0.491 e. The van der Waals surface area contributed by atoms with Crippen LogP contribution in [0.1, 0.15) is 30.9 Å². The fourth-order valence-corrected chi connectivity index (χ4v) is 1.55. The summed E-state index contributed by atoms with van der Waals surface area (Å²) in [5.74, 6) is 0.888. The van der Waals surface area contributed by atoms with Crippen LogP contribution in [0.2, 0.25) is 0 Å². The van der Waals surface area contributed by atoms with E-state index >= 15 is 0 Å². The van der Waals surface area contributed by atoms with Crippen molar-refractivity contribution in [2.75, 3.05) is 19.8 Å². The molecule has 1 aromatic carbocycles. The highest BCUT2D eigenvalue weighted by Gasteiger charge is 1.99. The highest BCUT2D eigenvalue weighted by molar-refractivity contribution is 5.34. The number of hydrogen-bond acceptors (Lipinski definition) is 3. The number of unbranched alkanes of at least 4 members (excludes halogenated alkanes) is 1. The van der Waals surface area contributed by atoms with Crippen LogP contribution >= 0.6 is 0 Å². The van der Waals surface area contributed by atoms with Crippen molar-refractivity contribution < 1.29 is 9.47 Å². The molecular weight excluding hydrogens is 214 g/mol. The second-order valence-corrected chi connectivity index (χ2v) is 4.11. The van der Waals surface area contributed by atoms with Gasteiger partial charge in [0.1, 0.15) is 12.4 Å². The lowest BCUT2D eigenvalue weighted by Crippen LogP contribution is -2.08. The van der Waals surface area contributed by atoms with Crippen molar-refractivity contribution in [2.45, 2.75) is 33.2 Å². The van der Waals surface area contributed by atoms with Gasteiger partial charge in [0.15, 0.2) is 0 Å². The number of ether oxygens (including phenoxy) is 2. The maximum absolute atomic E-state index is 5.61. The fraction of sp³-hybridized carbons (Fsp3) is 0.571. The SMILES string of the molecule is CCCCOCCOc1ccc(CN)c(C)c1. The van der Waals surface area contributed by atoms with Gasteiger partial charge in [0.05, 0.1) is 6.61 Å². The van der Waals surface area contributed by atoms with Crippen LogP contribution in [0.5, 0.6) is 5.75 Å². The molecule has 0 saturated heterocycles. The zero-order valence-corrected chi connectivity index (χ0v) is 10.9. The van der Waals surface area contributed by atoms with E-state index in [4.69, 9.17) is 15.2 Å². The average Bonchev–Trinajstić information content (AvgIpc) is 2.34. The van der Waals surface area contributed by atoms with Crippen LogP contribution in [0, 0.1) is 6.92 Å². The largest absolute Gasteiger partial charge is 0.491 e. The van der Waals surface area contributed by atoms with Gasteiger partial charge < -0.3 is 15.2 Å². The molecular formula is C14H23NO2. The standard InChI is InChI=1S/C14H23NO2/c1-3-4-7-16-8-9-17-14-6-5-13(11-15)12(2)10-14/h5-6,10H,3-4,7-9,11,15H2,1-2H3. The fourth-order valence-electron chi connectivity index (χ4n) is 1.55. The van der Waals surface area contributed by atoms with E-state index in [1.807, 2.05) is 25.1 Å². The first-order valence-corrected chi connectivity index (χ1v) is 6.28. The number of benzene rings is 1. The molecule has 0 atom stereocenters. The van der Waals surface area contributed by atoms with Gasteiger partial charge in [0.2, 0.25) is 0 Å². The minimum atomic E-state index is 0.576. The normalized spacial score (nSPS) is 10.5. The molecule has 0 aliphatic heterocycles. The first-order valence-electron chi connectivity index (χ1n) is 6.28. The second kappa shape index (κ2) is 8.09. The maximum Gasteiger partial charge on any atom is 0.119 e. The highest BCUT2D eigenvalue weighted by Crippen LogP contribution is 2.16. The van der Waals surface area contributed by atoms with E-state index in [1.165, 1.54) is 12.0 Å². The van der Waals surface area contributed by atoms with E-state index in [9.17, 15) is 0 Å². The first kappa shape index (κ1) is 14.0. The van der Waals surface area contributed by atoms with Gasteiger partial charge in [-0.15, -0.1) is 0 Å². The molecule has 0 aliphatic carbocycles. The quantitative estimate of drug-likeness (QED) is 0.707. The Kier molecular flexibility index (Phi) is 6.67. The van der Waals surface area contributed by atoms with Gasteiger partial charge in [-0.25, -0.2) is 0 Å². The zero-order valence-electron chi connectivity index (χ0n) is 10.9. The van der Waals surface area contributed by atoms with Gasteiger partial charge >= 0.3 is 0 Å². The Morgan fingerprint density at radius 1 is 1.18 bits per heavy atom. The lowest BCUT2D eigenvalue weighted by molar-refractivity contribution is 0.0980. The van der Waals surface area contributed by atoms with Crippen molar-refractivity contribution in [1.82, 2.24) is 0 Å². The molecule has 0 fully saturated rings. The summed E-state index contributed by atoms with van der Waals surface area (Å²) in [7, 11) is 0. The molecule has 0 heterocycles. The van der Waals surface area contributed by atoms with Gasteiger partial charge in [0, 0.05) is 13.2 Å². The Labute approximate surface area is 104 Å². The Bertz CT molecular complexity index is 326. The van der Waals surface area contributed by atoms with Crippen LogP contribution in [-0.2, 0) is 11.3 Å². The molecule has 0 saturated carbocycles. The van der Waals surface area contributed by atoms with Crippen molar-refractivity contribution in [3.8, 4) is 5.75 Å². The number of rotatable bonds is 8. The van der Waals surface area contributed by atoms with Crippen molar-refractivity contribution in [2.24, 2.45) is 5.73 Å². The summed E-state index contributed by atoms with van der Waals surface area (Å²) in [5.41, 5.74) is 7.95. The Balaban J connectivity index is 2.25. The minimum absolute atomic E-state index is 0.576. The molecule has 1 aromatic rings. The molecule has 0 aromatic heterocycles. The third-order valence-corrected chi connectivity index (χ3v) is 2.67. The molecule has 3 nitrogen and oxygen atoms in total. The van der Waals surface area contributed by atoms with Crippen LogP contribution in [0.3, 0.4) is 0 Å². The molecule has 0 amide bonds. The van der Waals surface area contributed by atoms with Crippen LogP contribution in [-0.4, -0.2) is 19.8 Å². The van der Waals surface area contributed by atoms with Gasteiger partial charge in [-0.3, -0.25) is 0 Å². The molecule has 0 radical (unpaired) electrons. The van der Waals surface area contributed by atoms with Crippen LogP contribution in [0.25, 0.3) is 0 Å². The van der Waals surface area contributed by atoms with Crippen molar-refractivity contribution in [1.29, 1.82) is 0 Å². The predicted molar refractivity (Wildman–Crippen MR) is 70.3 cm³/mol. The van der Waals surface area contributed by atoms with Crippen LogP contribution in [0.15, 0.2) is 18.2 Å². The highest BCUT2D eigenvalue weighted by atomic mass is 16.5. The average molecular weight is 237 g/mol. The maximum atomic E-state index is 5.61. The number of nitrogens with two attached hydrogens (primary N) is 1. The molecule has 96 valence electrons. The monoisotopic (exact) mass is 237 g/mol. The van der Waals surface area contributed by atoms with Gasteiger partial charge in [-0.1, -0.05) is 19.4 Å². The van der Waals surface area contributed by atoms with Crippen LogP contribution < -0.4 is 10.5 Å². The zero-order chi connectivity index (χ0) is 12.5. The molecule has 0 bridgehead atoms. The topological polar surface area (TPSA) is 44.5 Å². The lowest BCUT2D eigenvalue weighted by Gasteiger charge is -2.09. The van der Waals surface area contributed by atoms with Gasteiger partial charge in [-0.2, -0.15) is 0 Å². The summed E-state index contributed by atoms with van der Waals surface area (Å²) < 4.78 is 11.0. The summed E-state index contributed by atoms with van der Waals surface area (Å²) >= 11 is 0. The smallest absolute Gasteiger partial charge is 0.119 e. The molecule has 0 unspecified atom stereocenters. The third kappa shape index (κ3) is 5.20. The summed E-state index contributed by atoms with van der Waals surface area (Å²) in [5, 5.41) is 0. The van der Waals surface area contributed by atoms with Crippen molar-refractivity contribution in [3.63, 3.8) is 0 Å². The van der Waals surface area contributed by atoms with Crippen LogP contribution in [0.4, 0.5) is 0 Å². The molecule has 0 aliphatic rings. The van der Waals surface area contributed by atoms with Gasteiger partial charge in [-0.05, 0) is 36.6 Å². The van der Waals surface area contributed by atoms with E-state index in [-0.39, 0.29) is 0 Å². The Hall–Kier alpha value is -1.06. The van der Waals surface area contributed by atoms with Crippen molar-refractivity contribution >= 4 is 0 Å². The van der Waals surface area contributed by atoms with E-state index in [0.29, 0.717) is 19.8 Å². The van der Waals surface area contributed by atoms with Gasteiger partial charge in [0.25, 0.3) is 0 Å². The van der Waals surface area contributed by atoms with E-state index in [2.05, 4.69) is 6.92 Å². The molecule has 0 spiro atoms. The summed E-state index contributed by atoms with van der Waals surface area (Å²) in [4.78, 5) is 0. The summed E-state index contributed by atoms with van der Waals surface area (Å²) in [6.45, 7) is 6.86. The number of aryl methyl sites for hydroxylation is 1. The predicted octanol–water partition coefficient (Wildman–Crippen LogP) is 2.65. The lowest BCUT2D eigenvalue weighted by atomic mass is 10.1. The molecule has 3 heteroatoms. The Morgan fingerprint density at radius 3 is 2.65 bits per heavy atom. The second-order valence-electron chi connectivity index (χ2n) is 4.11. The van der Waals surface area contributed by atoms with Crippen molar-refractivity contribution in [3.05, 3.63) is 29.3 Å². The van der Waals surface area contributed by atoms with E-state index < -0.39 is 0 Å². The van der Waals surface area contributed by atoms with E-state index in [0.717, 1.165) is 24.3 Å². The molecule has 17 heavy (non-hydrogen) atoms. The number of hydrogen-bond donors (Lipinski definition) is 1. The summed E-state index contributed by atoms with van der Waals surface area (Å²) in [6, 6.07) is 6.00. The summed E-state index contributed by atoms with van der Waals surface area (Å²) in [6.07, 6.45) is 2.28. The first-order chi connectivity index (χ1) is 8.27. The molecule has 1 rings (SSSR count). The molecule has 2 N–H and O–H groups in total. The Morgan fingerprint density at radius 2 is 2.00 bits per heavy atom. The third-order valence-electron chi connectivity index (χ3n) is 2.67.